The van der Waals surface area contributed by atoms with Gasteiger partial charge in [0.05, 0.1) is 11.7 Å². The summed E-state index contributed by atoms with van der Waals surface area (Å²) in [5.41, 5.74) is 0.904. The summed E-state index contributed by atoms with van der Waals surface area (Å²) in [5.74, 6) is -1.34. The lowest BCUT2D eigenvalue weighted by molar-refractivity contribution is 0.244. The second kappa shape index (κ2) is 7.02. The van der Waals surface area contributed by atoms with Crippen LogP contribution in [-0.2, 0) is 0 Å². The molecule has 0 unspecified atom stereocenters. The molecule has 0 saturated carbocycles. The van der Waals surface area contributed by atoms with E-state index in [1.807, 2.05) is 44.2 Å². The maximum absolute atomic E-state index is 13.5. The molecule has 2 rings (SSSR count). The van der Waals surface area contributed by atoms with Crippen molar-refractivity contribution in [2.24, 2.45) is 5.92 Å². The van der Waals surface area contributed by atoms with Crippen LogP contribution in [0.3, 0.4) is 0 Å². The van der Waals surface area contributed by atoms with Crippen molar-refractivity contribution in [2.45, 2.75) is 19.9 Å². The van der Waals surface area contributed by atoms with Crippen molar-refractivity contribution >= 4 is 11.7 Å². The normalized spacial score (nSPS) is 12.0. The van der Waals surface area contributed by atoms with Gasteiger partial charge in [-0.05, 0) is 23.6 Å². The topological polar surface area (TPSA) is 41.1 Å². The van der Waals surface area contributed by atoms with E-state index >= 15 is 0 Å². The summed E-state index contributed by atoms with van der Waals surface area (Å²) in [6, 6.07) is 11.8. The van der Waals surface area contributed by atoms with Crippen LogP contribution >= 0.6 is 0 Å². The Labute approximate surface area is 128 Å². The number of halogens is 2. The highest BCUT2D eigenvalue weighted by Crippen LogP contribution is 2.22. The fourth-order valence-corrected chi connectivity index (χ4v) is 2.19. The molecule has 5 heteroatoms. The Balaban J connectivity index is 2.09. The molecule has 0 saturated heterocycles. The van der Waals surface area contributed by atoms with Gasteiger partial charge >= 0.3 is 6.03 Å². The van der Waals surface area contributed by atoms with E-state index in [0.717, 1.165) is 17.7 Å². The average Bonchev–Trinajstić information content (AvgIpc) is 2.48. The number of benzene rings is 2. The van der Waals surface area contributed by atoms with Gasteiger partial charge in [-0.25, -0.2) is 13.6 Å². The molecular weight excluding hydrogens is 286 g/mol. The first-order valence-corrected chi connectivity index (χ1v) is 7.05. The summed E-state index contributed by atoms with van der Waals surface area (Å²) >= 11 is 0. The van der Waals surface area contributed by atoms with Crippen molar-refractivity contribution in [1.29, 1.82) is 0 Å². The Kier molecular flexibility index (Phi) is 5.09. The molecule has 0 aliphatic carbocycles. The Morgan fingerprint density at radius 1 is 1.05 bits per heavy atom. The Bertz CT molecular complexity index is 644. The third-order valence-corrected chi connectivity index (χ3v) is 3.29. The van der Waals surface area contributed by atoms with Gasteiger partial charge in [0.1, 0.15) is 11.6 Å². The highest BCUT2D eigenvalue weighted by Gasteiger charge is 2.18. The molecule has 0 heterocycles. The van der Waals surface area contributed by atoms with Gasteiger partial charge in [-0.2, -0.15) is 0 Å². The standard InChI is InChI=1S/C17H18F2N2O/c1-11(2)16(12-6-4-3-5-7-12)21-17(22)20-15-9-8-13(18)10-14(15)19/h3-11,16H,1-2H3,(H2,20,21,22)/t16-/m1/s1. The molecule has 0 radical (unpaired) electrons. The van der Waals surface area contributed by atoms with Gasteiger partial charge in [-0.1, -0.05) is 44.2 Å². The second-order valence-corrected chi connectivity index (χ2v) is 5.36. The number of hydrogen-bond acceptors (Lipinski definition) is 1. The van der Waals surface area contributed by atoms with E-state index in [2.05, 4.69) is 10.6 Å². The van der Waals surface area contributed by atoms with Crippen molar-refractivity contribution in [3.63, 3.8) is 0 Å². The first-order valence-electron chi connectivity index (χ1n) is 7.05. The summed E-state index contributed by atoms with van der Waals surface area (Å²) in [6.45, 7) is 3.97. The summed E-state index contributed by atoms with van der Waals surface area (Å²) in [7, 11) is 0. The Hall–Kier alpha value is -2.43. The van der Waals surface area contributed by atoms with Gasteiger partial charge < -0.3 is 10.6 Å². The van der Waals surface area contributed by atoms with Crippen LogP contribution in [-0.4, -0.2) is 6.03 Å². The van der Waals surface area contributed by atoms with Gasteiger partial charge in [0.15, 0.2) is 0 Å². The van der Waals surface area contributed by atoms with E-state index in [0.29, 0.717) is 0 Å². The molecule has 2 aromatic carbocycles. The van der Waals surface area contributed by atoms with Crippen molar-refractivity contribution in [3.8, 4) is 0 Å². The number of rotatable bonds is 4. The average molecular weight is 304 g/mol. The van der Waals surface area contributed by atoms with Gasteiger partial charge in [0.25, 0.3) is 0 Å². The van der Waals surface area contributed by atoms with Crippen LogP contribution in [0.1, 0.15) is 25.5 Å². The van der Waals surface area contributed by atoms with Gasteiger partial charge in [0.2, 0.25) is 0 Å². The Morgan fingerprint density at radius 3 is 2.32 bits per heavy atom. The fraction of sp³-hybridized carbons (Fsp3) is 0.235. The molecule has 2 N–H and O–H groups in total. The number of carbonyl (C=O) groups is 1. The first kappa shape index (κ1) is 15.9. The van der Waals surface area contributed by atoms with Crippen LogP contribution in [0.4, 0.5) is 19.3 Å². The lowest BCUT2D eigenvalue weighted by Crippen LogP contribution is -2.35. The molecule has 22 heavy (non-hydrogen) atoms. The van der Waals surface area contributed by atoms with E-state index in [9.17, 15) is 13.6 Å². The van der Waals surface area contributed by atoms with Crippen LogP contribution in [0, 0.1) is 17.6 Å². The minimum absolute atomic E-state index is 0.0607. The molecule has 0 aliphatic rings. The maximum atomic E-state index is 13.5. The second-order valence-electron chi connectivity index (χ2n) is 5.36. The molecule has 0 bridgehead atoms. The number of urea groups is 1. The summed E-state index contributed by atoms with van der Waals surface area (Å²) in [6.07, 6.45) is 0. The number of amides is 2. The maximum Gasteiger partial charge on any atom is 0.319 e. The largest absolute Gasteiger partial charge is 0.331 e. The van der Waals surface area contributed by atoms with E-state index in [1.165, 1.54) is 6.07 Å². The minimum atomic E-state index is -0.809. The van der Waals surface area contributed by atoms with Crippen molar-refractivity contribution in [3.05, 3.63) is 65.7 Å². The molecule has 2 amide bonds. The SMILES string of the molecule is CC(C)[C@@H](NC(=O)Nc1ccc(F)cc1F)c1ccccc1. The zero-order valence-corrected chi connectivity index (χ0v) is 12.4. The van der Waals surface area contributed by atoms with Crippen LogP contribution in [0.5, 0.6) is 0 Å². The lowest BCUT2D eigenvalue weighted by Gasteiger charge is -2.23. The molecule has 0 fully saturated rings. The van der Waals surface area contributed by atoms with E-state index < -0.39 is 17.7 Å². The third-order valence-electron chi connectivity index (χ3n) is 3.29. The summed E-state index contributed by atoms with van der Waals surface area (Å²) in [5, 5.41) is 5.21. The molecule has 0 spiro atoms. The summed E-state index contributed by atoms with van der Waals surface area (Å²) < 4.78 is 26.4. The van der Waals surface area contributed by atoms with Gasteiger partial charge in [0, 0.05) is 6.07 Å². The van der Waals surface area contributed by atoms with E-state index in [-0.39, 0.29) is 17.6 Å². The number of hydrogen-bond donors (Lipinski definition) is 2. The third kappa shape index (κ3) is 4.04. The smallest absolute Gasteiger partial charge is 0.319 e. The lowest BCUT2D eigenvalue weighted by atomic mass is 9.96. The molecule has 1 atom stereocenters. The molecule has 0 aliphatic heterocycles. The molecule has 3 nitrogen and oxygen atoms in total. The van der Waals surface area contributed by atoms with Crippen LogP contribution in [0.2, 0.25) is 0 Å². The highest BCUT2D eigenvalue weighted by atomic mass is 19.1. The number of nitrogens with one attached hydrogen (secondary N) is 2. The predicted molar refractivity (Wildman–Crippen MR) is 82.5 cm³/mol. The Morgan fingerprint density at radius 2 is 1.73 bits per heavy atom. The summed E-state index contributed by atoms with van der Waals surface area (Å²) in [4.78, 5) is 12.1. The van der Waals surface area contributed by atoms with Crippen molar-refractivity contribution < 1.29 is 13.6 Å². The highest BCUT2D eigenvalue weighted by molar-refractivity contribution is 5.89. The zero-order chi connectivity index (χ0) is 16.1. The van der Waals surface area contributed by atoms with Crippen LogP contribution in [0.15, 0.2) is 48.5 Å². The quantitative estimate of drug-likeness (QED) is 0.859. The van der Waals surface area contributed by atoms with Crippen LogP contribution < -0.4 is 10.6 Å². The fourth-order valence-electron chi connectivity index (χ4n) is 2.19. The monoisotopic (exact) mass is 304 g/mol. The van der Waals surface area contributed by atoms with Crippen LogP contribution in [0.25, 0.3) is 0 Å². The molecular formula is C17H18F2N2O. The number of carbonyl (C=O) groups excluding carboxylic acids is 1. The molecule has 0 aromatic heterocycles. The van der Waals surface area contributed by atoms with Gasteiger partial charge in [-0.3, -0.25) is 0 Å². The van der Waals surface area contributed by atoms with E-state index in [4.69, 9.17) is 0 Å². The zero-order valence-electron chi connectivity index (χ0n) is 12.4. The van der Waals surface area contributed by atoms with Crippen molar-refractivity contribution in [1.82, 2.24) is 5.32 Å². The number of anilines is 1. The van der Waals surface area contributed by atoms with Crippen molar-refractivity contribution in [2.75, 3.05) is 5.32 Å². The minimum Gasteiger partial charge on any atom is -0.331 e. The predicted octanol–water partition coefficient (Wildman–Crippen LogP) is 4.48. The molecule has 116 valence electrons. The van der Waals surface area contributed by atoms with E-state index in [1.54, 1.807) is 0 Å². The molecule has 2 aromatic rings. The van der Waals surface area contributed by atoms with Gasteiger partial charge in [-0.15, -0.1) is 0 Å². The first-order chi connectivity index (χ1) is 10.5.